The van der Waals surface area contributed by atoms with Gasteiger partial charge in [0.2, 0.25) is 0 Å². The quantitative estimate of drug-likeness (QED) is 0.367. The molecule has 0 radical (unpaired) electrons. The molecule has 1 heterocycles. The van der Waals surface area contributed by atoms with E-state index in [1.807, 2.05) is 0 Å². The minimum absolute atomic E-state index is 0.450. The molecular weight excluding hydrogens is 188 g/mol. The van der Waals surface area contributed by atoms with Crippen molar-refractivity contribution in [2.75, 3.05) is 6.61 Å². The van der Waals surface area contributed by atoms with Crippen molar-refractivity contribution >= 4 is 11.6 Å². The van der Waals surface area contributed by atoms with Gasteiger partial charge in [-0.1, -0.05) is 0 Å². The maximum Gasteiger partial charge on any atom is 0.182 e. The van der Waals surface area contributed by atoms with Gasteiger partial charge < -0.3 is 25.2 Å². The van der Waals surface area contributed by atoms with Gasteiger partial charge in [-0.25, -0.2) is 0 Å². The lowest BCUT2D eigenvalue weighted by Crippen LogP contribution is -2.56. The molecule has 1 rings (SSSR count). The van der Waals surface area contributed by atoms with Gasteiger partial charge in [0, 0.05) is 0 Å². The number of rotatable bonds is 1. The van der Waals surface area contributed by atoms with Gasteiger partial charge >= 0.3 is 0 Å². The Bertz CT molecular complexity index is 150. The van der Waals surface area contributed by atoms with E-state index in [9.17, 15) is 5.11 Å². The molecule has 1 saturated heterocycles. The second-order valence-corrected chi connectivity index (χ2v) is 3.18. The summed E-state index contributed by atoms with van der Waals surface area (Å²) in [5.74, 6) is 0. The van der Waals surface area contributed by atoms with E-state index in [0.29, 0.717) is 0 Å². The molecule has 4 N–H and O–H groups in total. The van der Waals surface area contributed by atoms with E-state index in [1.165, 1.54) is 0 Å². The Morgan fingerprint density at radius 3 is 2.25 bits per heavy atom. The number of aliphatic hydroxyl groups is 4. The topological polar surface area (TPSA) is 90.2 Å². The Hall–Kier alpha value is 0.0900. The fourth-order valence-corrected chi connectivity index (χ4v) is 1.34. The average Bonchev–Trinajstić information content (AvgIpc) is 2.08. The zero-order chi connectivity index (χ0) is 9.30. The van der Waals surface area contributed by atoms with Crippen LogP contribution in [0.25, 0.3) is 0 Å². The maximum absolute atomic E-state index is 9.24. The number of ether oxygens (including phenoxy) is 1. The lowest BCUT2D eigenvalue weighted by molar-refractivity contribution is -0.249. The Balaban J connectivity index is 2.63. The molecule has 0 saturated carbocycles. The van der Waals surface area contributed by atoms with Gasteiger partial charge in [-0.2, -0.15) is 0 Å². The van der Waals surface area contributed by atoms with E-state index in [4.69, 9.17) is 26.9 Å². The third-order valence-electron chi connectivity index (χ3n) is 1.82. The first-order chi connectivity index (χ1) is 5.57. The molecule has 6 heteroatoms. The van der Waals surface area contributed by atoms with Crippen LogP contribution in [-0.4, -0.2) is 57.0 Å². The summed E-state index contributed by atoms with van der Waals surface area (Å²) in [6.07, 6.45) is -4.89. The third-order valence-corrected chi connectivity index (χ3v) is 2.34. The molecule has 1 aliphatic rings. The van der Waals surface area contributed by atoms with Crippen molar-refractivity contribution in [1.82, 2.24) is 0 Å². The molecule has 12 heavy (non-hydrogen) atoms. The molecule has 1 aliphatic heterocycles. The van der Waals surface area contributed by atoms with Crippen molar-refractivity contribution in [3.8, 4) is 0 Å². The van der Waals surface area contributed by atoms with Gasteiger partial charge in [0.25, 0.3) is 0 Å². The van der Waals surface area contributed by atoms with Gasteiger partial charge in [0.15, 0.2) is 6.29 Å². The summed E-state index contributed by atoms with van der Waals surface area (Å²) < 4.78 is 4.65. The summed E-state index contributed by atoms with van der Waals surface area (Å²) in [7, 11) is 0. The Morgan fingerprint density at radius 1 is 1.17 bits per heavy atom. The predicted octanol–water partition coefficient (Wildman–Crippen LogP) is -1.97. The summed E-state index contributed by atoms with van der Waals surface area (Å²) in [6, 6.07) is 0. The predicted molar refractivity (Wildman–Crippen MR) is 39.6 cm³/mol. The summed E-state index contributed by atoms with van der Waals surface area (Å²) in [6.45, 7) is -0.450. The van der Waals surface area contributed by atoms with E-state index >= 15 is 0 Å². The Labute approximate surface area is 74.2 Å². The van der Waals surface area contributed by atoms with Gasteiger partial charge in [-0.3, -0.25) is 0 Å². The highest BCUT2D eigenvalue weighted by atomic mass is 35.5. The largest absolute Gasteiger partial charge is 0.394 e. The molecule has 1 fully saturated rings. The van der Waals surface area contributed by atoms with Gasteiger partial charge in [-0.05, 0) is 0 Å². The van der Waals surface area contributed by atoms with Crippen molar-refractivity contribution in [1.29, 1.82) is 0 Å². The molecule has 0 aliphatic carbocycles. The molecule has 0 spiro atoms. The van der Waals surface area contributed by atoms with Crippen LogP contribution in [0.4, 0.5) is 0 Å². The smallest absolute Gasteiger partial charge is 0.182 e. The van der Waals surface area contributed by atoms with Crippen molar-refractivity contribution in [3.05, 3.63) is 0 Å². The van der Waals surface area contributed by atoms with Crippen LogP contribution < -0.4 is 0 Å². The number of alkyl halides is 1. The first kappa shape index (κ1) is 10.2. The van der Waals surface area contributed by atoms with E-state index in [0.717, 1.165) is 0 Å². The minimum Gasteiger partial charge on any atom is -0.394 e. The second kappa shape index (κ2) is 3.87. The Kier molecular flexibility index (Phi) is 3.28. The maximum atomic E-state index is 9.24. The molecule has 0 aromatic heterocycles. The average molecular weight is 199 g/mol. The van der Waals surface area contributed by atoms with Crippen LogP contribution in [-0.2, 0) is 4.74 Å². The molecule has 5 atom stereocenters. The second-order valence-electron chi connectivity index (χ2n) is 2.67. The first-order valence-electron chi connectivity index (χ1n) is 3.52. The fourth-order valence-electron chi connectivity index (χ4n) is 1.06. The van der Waals surface area contributed by atoms with Crippen LogP contribution in [0, 0.1) is 0 Å². The molecule has 0 amide bonds. The van der Waals surface area contributed by atoms with Crippen LogP contribution in [0.15, 0.2) is 0 Å². The monoisotopic (exact) mass is 198 g/mol. The molecule has 5 nitrogen and oxygen atoms in total. The lowest BCUT2D eigenvalue weighted by atomic mass is 10.0. The summed E-state index contributed by atoms with van der Waals surface area (Å²) in [5.41, 5.74) is 0. The minimum atomic E-state index is -1.45. The van der Waals surface area contributed by atoms with Gasteiger partial charge in [0.1, 0.15) is 18.3 Å². The molecule has 0 aromatic carbocycles. The highest BCUT2D eigenvalue weighted by Gasteiger charge is 2.42. The van der Waals surface area contributed by atoms with Crippen molar-refractivity contribution in [2.45, 2.75) is 30.0 Å². The van der Waals surface area contributed by atoms with Crippen LogP contribution >= 0.6 is 11.6 Å². The first-order valence-corrected chi connectivity index (χ1v) is 3.96. The molecule has 0 unspecified atom stereocenters. The molecular formula is C6H11ClO5. The highest BCUT2D eigenvalue weighted by Crippen LogP contribution is 2.23. The zero-order valence-electron chi connectivity index (χ0n) is 6.17. The Morgan fingerprint density at radius 2 is 1.75 bits per heavy atom. The molecule has 72 valence electrons. The normalized spacial score (nSPS) is 49.2. The third kappa shape index (κ3) is 1.71. The highest BCUT2D eigenvalue weighted by molar-refractivity contribution is 6.21. The van der Waals surface area contributed by atoms with Crippen molar-refractivity contribution in [2.24, 2.45) is 0 Å². The van der Waals surface area contributed by atoms with E-state index in [1.54, 1.807) is 0 Å². The SMILES string of the molecule is OC[C@H]1O[C@H](O)[C@H](O)[C@@H](Cl)[C@@H]1O. The number of hydrogen-bond donors (Lipinski definition) is 4. The van der Waals surface area contributed by atoms with E-state index < -0.39 is 36.6 Å². The van der Waals surface area contributed by atoms with Crippen LogP contribution in [0.5, 0.6) is 0 Å². The summed E-state index contributed by atoms with van der Waals surface area (Å²) in [4.78, 5) is 0. The van der Waals surface area contributed by atoms with Crippen LogP contribution in [0.3, 0.4) is 0 Å². The van der Waals surface area contributed by atoms with E-state index in [-0.39, 0.29) is 0 Å². The number of aliphatic hydroxyl groups excluding tert-OH is 4. The summed E-state index contributed by atoms with van der Waals surface area (Å²) in [5, 5.41) is 34.9. The zero-order valence-corrected chi connectivity index (χ0v) is 6.92. The molecule has 0 aromatic rings. The number of halogens is 1. The van der Waals surface area contributed by atoms with Crippen molar-refractivity contribution in [3.63, 3.8) is 0 Å². The summed E-state index contributed by atoms with van der Waals surface area (Å²) >= 11 is 5.53. The fraction of sp³-hybridized carbons (Fsp3) is 1.00. The van der Waals surface area contributed by atoms with Gasteiger partial charge in [-0.15, -0.1) is 11.6 Å². The van der Waals surface area contributed by atoms with Crippen molar-refractivity contribution < 1.29 is 25.2 Å². The van der Waals surface area contributed by atoms with Gasteiger partial charge in [0.05, 0.1) is 12.0 Å². The lowest BCUT2D eigenvalue weighted by Gasteiger charge is -2.37. The van der Waals surface area contributed by atoms with Crippen LogP contribution in [0.2, 0.25) is 0 Å². The number of hydrogen-bond acceptors (Lipinski definition) is 5. The molecule has 0 bridgehead atoms. The van der Waals surface area contributed by atoms with E-state index in [2.05, 4.69) is 4.74 Å². The van der Waals surface area contributed by atoms with Crippen LogP contribution in [0.1, 0.15) is 0 Å². The standard InChI is InChI=1S/C6H11ClO5/c7-3-4(9)2(1-8)12-6(11)5(3)10/h2-6,8-11H,1H2/t2-,3+,4-,5-,6+/m1/s1.